The van der Waals surface area contributed by atoms with Crippen LogP contribution in [0.3, 0.4) is 0 Å². The molecular formula is C16H23N3O3. The molecule has 3 atom stereocenters. The van der Waals surface area contributed by atoms with Gasteiger partial charge >= 0.3 is 0 Å². The minimum Gasteiger partial charge on any atom is -0.481 e. The van der Waals surface area contributed by atoms with E-state index in [2.05, 4.69) is 21.4 Å². The van der Waals surface area contributed by atoms with Gasteiger partial charge in [-0.15, -0.1) is 6.58 Å². The van der Waals surface area contributed by atoms with Gasteiger partial charge in [0.2, 0.25) is 5.88 Å². The van der Waals surface area contributed by atoms with Crippen molar-refractivity contribution in [1.82, 2.24) is 9.97 Å². The van der Waals surface area contributed by atoms with Crippen molar-refractivity contribution >= 4 is 5.82 Å². The van der Waals surface area contributed by atoms with E-state index in [9.17, 15) is 0 Å². The van der Waals surface area contributed by atoms with Crippen molar-refractivity contribution in [3.63, 3.8) is 0 Å². The fraction of sp³-hybridized carbons (Fsp3) is 0.625. The molecule has 120 valence electrons. The number of methoxy groups -OCH3 is 1. The molecule has 6 heteroatoms. The van der Waals surface area contributed by atoms with Gasteiger partial charge < -0.3 is 19.1 Å². The van der Waals surface area contributed by atoms with Crippen LogP contribution >= 0.6 is 0 Å². The van der Waals surface area contributed by atoms with Gasteiger partial charge in [-0.25, -0.2) is 9.97 Å². The van der Waals surface area contributed by atoms with Crippen LogP contribution in [0.2, 0.25) is 0 Å². The molecular weight excluding hydrogens is 282 g/mol. The molecule has 1 unspecified atom stereocenters. The van der Waals surface area contributed by atoms with Crippen LogP contribution in [-0.4, -0.2) is 55.1 Å². The Balaban J connectivity index is 1.61. The van der Waals surface area contributed by atoms with E-state index >= 15 is 0 Å². The van der Waals surface area contributed by atoms with Crippen molar-refractivity contribution in [3.8, 4) is 5.88 Å². The number of rotatable bonds is 6. The molecule has 3 rings (SSSR count). The Hall–Kier alpha value is -1.66. The maximum absolute atomic E-state index is 6.19. The van der Waals surface area contributed by atoms with Crippen LogP contribution in [0.5, 0.6) is 5.88 Å². The Morgan fingerprint density at radius 2 is 2.32 bits per heavy atom. The van der Waals surface area contributed by atoms with E-state index in [0.29, 0.717) is 25.1 Å². The summed E-state index contributed by atoms with van der Waals surface area (Å²) >= 11 is 0. The molecule has 22 heavy (non-hydrogen) atoms. The fourth-order valence-corrected chi connectivity index (χ4v) is 3.29. The van der Waals surface area contributed by atoms with Crippen LogP contribution in [0.15, 0.2) is 25.0 Å². The lowest BCUT2D eigenvalue weighted by molar-refractivity contribution is -0.0830. The molecule has 0 spiro atoms. The number of hydrogen-bond donors (Lipinski definition) is 0. The van der Waals surface area contributed by atoms with Crippen molar-refractivity contribution < 1.29 is 14.2 Å². The predicted molar refractivity (Wildman–Crippen MR) is 83.2 cm³/mol. The second kappa shape index (κ2) is 7.07. The Kier molecular flexibility index (Phi) is 4.90. The standard InChI is InChI=1S/C16H23N3O3/c1-3-8-21-10-12-4-5-13-14(22-12)6-7-19(13)15-9-16(20-2)18-11-17-15/h3,9,11-14H,1,4-8,10H2,2H3/t12?,13-,14-/m0/s1. The van der Waals surface area contributed by atoms with Gasteiger partial charge in [0, 0.05) is 12.6 Å². The second-order valence-corrected chi connectivity index (χ2v) is 5.67. The van der Waals surface area contributed by atoms with Crippen molar-refractivity contribution in [3.05, 3.63) is 25.0 Å². The first-order valence-corrected chi connectivity index (χ1v) is 7.78. The molecule has 0 saturated carbocycles. The molecule has 0 amide bonds. The summed E-state index contributed by atoms with van der Waals surface area (Å²) in [5.74, 6) is 1.52. The maximum Gasteiger partial charge on any atom is 0.218 e. The van der Waals surface area contributed by atoms with Gasteiger partial charge in [0.1, 0.15) is 12.1 Å². The number of anilines is 1. The largest absolute Gasteiger partial charge is 0.481 e. The predicted octanol–water partition coefficient (Wildman–Crippen LogP) is 1.81. The van der Waals surface area contributed by atoms with Gasteiger partial charge in [-0.05, 0) is 19.3 Å². The molecule has 0 aliphatic carbocycles. The molecule has 2 aliphatic heterocycles. The van der Waals surface area contributed by atoms with Gasteiger partial charge in [0.05, 0.1) is 38.6 Å². The van der Waals surface area contributed by atoms with E-state index in [0.717, 1.165) is 31.6 Å². The topological polar surface area (TPSA) is 56.7 Å². The van der Waals surface area contributed by atoms with Gasteiger partial charge in [0.15, 0.2) is 0 Å². The number of aromatic nitrogens is 2. The van der Waals surface area contributed by atoms with Gasteiger partial charge in [-0.1, -0.05) is 6.08 Å². The lowest BCUT2D eigenvalue weighted by atomic mass is 9.99. The summed E-state index contributed by atoms with van der Waals surface area (Å²) in [6, 6.07) is 2.28. The summed E-state index contributed by atoms with van der Waals surface area (Å²) in [6.07, 6.45) is 6.90. The summed E-state index contributed by atoms with van der Waals surface area (Å²) in [5, 5.41) is 0. The van der Waals surface area contributed by atoms with Crippen LogP contribution in [0.25, 0.3) is 0 Å². The summed E-state index contributed by atoms with van der Waals surface area (Å²) < 4.78 is 16.9. The van der Waals surface area contributed by atoms with Gasteiger partial charge in [0.25, 0.3) is 0 Å². The van der Waals surface area contributed by atoms with Crippen LogP contribution in [0.4, 0.5) is 5.82 Å². The van der Waals surface area contributed by atoms with Crippen LogP contribution in [-0.2, 0) is 9.47 Å². The molecule has 3 heterocycles. The average molecular weight is 305 g/mol. The average Bonchev–Trinajstić information content (AvgIpc) is 2.98. The first-order chi connectivity index (χ1) is 10.8. The van der Waals surface area contributed by atoms with Gasteiger partial charge in [-0.3, -0.25) is 0 Å². The molecule has 2 fully saturated rings. The molecule has 2 saturated heterocycles. The quantitative estimate of drug-likeness (QED) is 0.590. The molecule has 6 nitrogen and oxygen atoms in total. The zero-order valence-corrected chi connectivity index (χ0v) is 13.0. The van der Waals surface area contributed by atoms with Crippen molar-refractivity contribution in [2.75, 3.05) is 31.8 Å². The summed E-state index contributed by atoms with van der Waals surface area (Å²) in [6.45, 7) is 5.85. The van der Waals surface area contributed by atoms with Crippen molar-refractivity contribution in [2.45, 2.75) is 37.5 Å². The third-order valence-corrected chi connectivity index (χ3v) is 4.31. The summed E-state index contributed by atoms with van der Waals surface area (Å²) in [7, 11) is 1.62. The summed E-state index contributed by atoms with van der Waals surface area (Å²) in [4.78, 5) is 10.8. The van der Waals surface area contributed by atoms with Gasteiger partial charge in [-0.2, -0.15) is 0 Å². The third kappa shape index (κ3) is 3.23. The maximum atomic E-state index is 6.19. The molecule has 0 aromatic carbocycles. The molecule has 0 radical (unpaired) electrons. The zero-order valence-electron chi connectivity index (χ0n) is 13.0. The lowest BCUT2D eigenvalue weighted by Crippen LogP contribution is -2.44. The molecule has 0 N–H and O–H groups in total. The third-order valence-electron chi connectivity index (χ3n) is 4.31. The van der Waals surface area contributed by atoms with Crippen LogP contribution < -0.4 is 9.64 Å². The van der Waals surface area contributed by atoms with Crippen LogP contribution in [0.1, 0.15) is 19.3 Å². The van der Waals surface area contributed by atoms with Crippen molar-refractivity contribution in [2.24, 2.45) is 0 Å². The molecule has 2 aliphatic rings. The number of hydrogen-bond acceptors (Lipinski definition) is 6. The Morgan fingerprint density at radius 1 is 1.41 bits per heavy atom. The summed E-state index contributed by atoms with van der Waals surface area (Å²) in [5.41, 5.74) is 0. The highest BCUT2D eigenvalue weighted by atomic mass is 16.5. The fourth-order valence-electron chi connectivity index (χ4n) is 3.29. The highest BCUT2D eigenvalue weighted by Gasteiger charge is 2.40. The first kappa shape index (κ1) is 15.2. The molecule has 1 aromatic heterocycles. The SMILES string of the molecule is C=CCOCC1CC[C@H]2[C@H](CCN2c2cc(OC)ncn2)O1. The van der Waals surface area contributed by atoms with E-state index in [-0.39, 0.29) is 12.2 Å². The van der Waals surface area contributed by atoms with E-state index in [1.165, 1.54) is 0 Å². The van der Waals surface area contributed by atoms with Crippen LogP contribution in [0, 0.1) is 0 Å². The number of ether oxygens (including phenoxy) is 3. The molecule has 1 aromatic rings. The highest BCUT2D eigenvalue weighted by Crippen LogP contribution is 2.34. The minimum atomic E-state index is 0.195. The Morgan fingerprint density at radius 3 is 3.14 bits per heavy atom. The van der Waals surface area contributed by atoms with E-state index in [1.807, 2.05) is 6.07 Å². The lowest BCUT2D eigenvalue weighted by Gasteiger charge is -2.36. The Bertz CT molecular complexity index is 511. The van der Waals surface area contributed by atoms with E-state index < -0.39 is 0 Å². The number of fused-ring (bicyclic) bond motifs is 1. The Labute approximate surface area is 131 Å². The normalized spacial score (nSPS) is 27.5. The molecule has 0 bridgehead atoms. The first-order valence-electron chi connectivity index (χ1n) is 7.78. The zero-order chi connectivity index (χ0) is 15.4. The number of nitrogens with zero attached hydrogens (tertiary/aromatic N) is 3. The van der Waals surface area contributed by atoms with Crippen molar-refractivity contribution in [1.29, 1.82) is 0 Å². The minimum absolute atomic E-state index is 0.195. The smallest absolute Gasteiger partial charge is 0.218 e. The van der Waals surface area contributed by atoms with E-state index in [1.54, 1.807) is 19.5 Å². The monoisotopic (exact) mass is 305 g/mol. The van der Waals surface area contributed by atoms with E-state index in [4.69, 9.17) is 14.2 Å². The second-order valence-electron chi connectivity index (χ2n) is 5.67. The highest BCUT2D eigenvalue weighted by molar-refractivity contribution is 5.44.